The Balaban J connectivity index is 1.61. The summed E-state index contributed by atoms with van der Waals surface area (Å²) in [7, 11) is 1.99. The molecule has 3 rings (SSSR count). The van der Waals surface area contributed by atoms with Gasteiger partial charge in [-0.15, -0.1) is 0 Å². The molecule has 0 atom stereocenters. The fourth-order valence-electron chi connectivity index (χ4n) is 3.21. The van der Waals surface area contributed by atoms with Crippen molar-refractivity contribution >= 4 is 35.1 Å². The SMILES string of the molecule is CCCCCNC(=O)c1cccc(CSc2nc(Cl)cc(N(C)Cc3ccccc3)n2)c1. The van der Waals surface area contributed by atoms with Gasteiger partial charge in [-0.3, -0.25) is 4.79 Å². The second-order valence-corrected chi connectivity index (χ2v) is 8.95. The first-order valence-electron chi connectivity index (χ1n) is 10.8. The number of unbranched alkanes of at least 4 members (excludes halogenated alkanes) is 2. The molecule has 0 bridgehead atoms. The van der Waals surface area contributed by atoms with E-state index < -0.39 is 0 Å². The lowest BCUT2D eigenvalue weighted by Crippen LogP contribution is -2.24. The third-order valence-corrected chi connectivity index (χ3v) is 6.05. The molecular weight excluding hydrogens is 440 g/mol. The Morgan fingerprint density at radius 1 is 1.03 bits per heavy atom. The Morgan fingerprint density at radius 3 is 2.59 bits per heavy atom. The van der Waals surface area contributed by atoms with Gasteiger partial charge in [0.1, 0.15) is 11.0 Å². The van der Waals surface area contributed by atoms with E-state index in [0.29, 0.717) is 28.2 Å². The summed E-state index contributed by atoms with van der Waals surface area (Å²) >= 11 is 7.78. The largest absolute Gasteiger partial charge is 0.355 e. The van der Waals surface area contributed by atoms with E-state index in [4.69, 9.17) is 11.6 Å². The lowest BCUT2D eigenvalue weighted by Gasteiger charge is -2.19. The molecule has 0 saturated heterocycles. The van der Waals surface area contributed by atoms with Crippen LogP contribution in [0.15, 0.2) is 65.8 Å². The number of benzene rings is 2. The molecule has 0 spiro atoms. The number of hydrogen-bond donors (Lipinski definition) is 1. The van der Waals surface area contributed by atoms with Gasteiger partial charge in [0.15, 0.2) is 5.16 Å². The number of hydrogen-bond acceptors (Lipinski definition) is 5. The van der Waals surface area contributed by atoms with Crippen molar-refractivity contribution in [1.82, 2.24) is 15.3 Å². The molecule has 0 unspecified atom stereocenters. The third-order valence-electron chi connectivity index (χ3n) is 4.94. The van der Waals surface area contributed by atoms with Gasteiger partial charge in [0.05, 0.1) is 0 Å². The van der Waals surface area contributed by atoms with Crippen LogP contribution in [-0.4, -0.2) is 29.5 Å². The smallest absolute Gasteiger partial charge is 0.251 e. The first-order valence-corrected chi connectivity index (χ1v) is 12.2. The molecule has 3 aromatic rings. The minimum absolute atomic E-state index is 0.0308. The van der Waals surface area contributed by atoms with E-state index in [9.17, 15) is 4.79 Å². The maximum Gasteiger partial charge on any atom is 0.251 e. The zero-order chi connectivity index (χ0) is 22.8. The molecular formula is C25H29ClN4OS. The summed E-state index contributed by atoms with van der Waals surface area (Å²) in [6.45, 7) is 3.59. The molecule has 0 fully saturated rings. The van der Waals surface area contributed by atoms with Gasteiger partial charge >= 0.3 is 0 Å². The van der Waals surface area contributed by atoms with Crippen LogP contribution in [0.2, 0.25) is 5.15 Å². The van der Waals surface area contributed by atoms with Crippen molar-refractivity contribution in [3.8, 4) is 0 Å². The molecule has 5 nitrogen and oxygen atoms in total. The summed E-state index contributed by atoms with van der Waals surface area (Å²) in [6, 6.07) is 19.7. The molecule has 1 N–H and O–H groups in total. The monoisotopic (exact) mass is 468 g/mol. The standard InChI is InChI=1S/C25H29ClN4OS/c1-3-4-8-14-27-24(31)21-13-9-12-20(15-21)18-32-25-28-22(26)16-23(29-25)30(2)17-19-10-6-5-7-11-19/h5-7,9-13,15-16H,3-4,8,14,17-18H2,1-2H3,(H,27,31). The van der Waals surface area contributed by atoms with Crippen LogP contribution < -0.4 is 10.2 Å². The quantitative estimate of drug-likeness (QED) is 0.162. The zero-order valence-corrected chi connectivity index (χ0v) is 20.1. The molecule has 0 aliphatic rings. The number of thioether (sulfide) groups is 1. The Bertz CT molecular complexity index is 1020. The number of halogens is 1. The first-order chi connectivity index (χ1) is 15.5. The third kappa shape index (κ3) is 7.53. The number of amides is 1. The van der Waals surface area contributed by atoms with E-state index in [1.165, 1.54) is 17.3 Å². The first kappa shape index (κ1) is 24.1. The Kier molecular flexibility index (Phi) is 9.38. The molecule has 0 radical (unpaired) electrons. The Hall–Kier alpha value is -2.57. The molecule has 168 valence electrons. The second kappa shape index (κ2) is 12.5. The van der Waals surface area contributed by atoms with Crippen molar-refractivity contribution in [3.05, 3.63) is 82.5 Å². The lowest BCUT2D eigenvalue weighted by molar-refractivity contribution is 0.0953. The molecule has 0 aliphatic carbocycles. The van der Waals surface area contributed by atoms with Crippen molar-refractivity contribution in [1.29, 1.82) is 0 Å². The number of nitrogens with one attached hydrogen (secondary N) is 1. The molecule has 2 aromatic carbocycles. The summed E-state index contributed by atoms with van der Waals surface area (Å²) < 4.78 is 0. The predicted molar refractivity (Wildman–Crippen MR) is 133 cm³/mol. The van der Waals surface area contributed by atoms with Gasteiger partial charge in [-0.1, -0.05) is 85.6 Å². The average Bonchev–Trinajstić information content (AvgIpc) is 2.81. The Morgan fingerprint density at radius 2 is 1.81 bits per heavy atom. The van der Waals surface area contributed by atoms with Crippen molar-refractivity contribution in [3.63, 3.8) is 0 Å². The van der Waals surface area contributed by atoms with Crippen LogP contribution in [0.25, 0.3) is 0 Å². The fraction of sp³-hybridized carbons (Fsp3) is 0.320. The summed E-state index contributed by atoms with van der Waals surface area (Å²) in [4.78, 5) is 23.5. The van der Waals surface area contributed by atoms with E-state index in [-0.39, 0.29) is 5.91 Å². The highest BCUT2D eigenvalue weighted by atomic mass is 35.5. The average molecular weight is 469 g/mol. The van der Waals surface area contributed by atoms with E-state index in [1.54, 1.807) is 6.07 Å². The van der Waals surface area contributed by atoms with Crippen LogP contribution in [0.3, 0.4) is 0 Å². The number of nitrogens with zero attached hydrogens (tertiary/aromatic N) is 3. The van der Waals surface area contributed by atoms with Crippen LogP contribution in [0.1, 0.15) is 47.7 Å². The second-order valence-electron chi connectivity index (χ2n) is 7.63. The Labute approximate surface area is 199 Å². The number of carbonyl (C=O) groups is 1. The zero-order valence-electron chi connectivity index (χ0n) is 18.6. The minimum Gasteiger partial charge on any atom is -0.355 e. The minimum atomic E-state index is -0.0308. The summed E-state index contributed by atoms with van der Waals surface area (Å²) in [5, 5.41) is 4.02. The lowest BCUT2D eigenvalue weighted by atomic mass is 10.1. The molecule has 1 aromatic heterocycles. The van der Waals surface area contributed by atoms with Gasteiger partial charge in [-0.2, -0.15) is 0 Å². The summed E-state index contributed by atoms with van der Waals surface area (Å²) in [6.07, 6.45) is 3.27. The molecule has 32 heavy (non-hydrogen) atoms. The van der Waals surface area contributed by atoms with Crippen LogP contribution in [0.5, 0.6) is 0 Å². The number of aromatic nitrogens is 2. The highest BCUT2D eigenvalue weighted by Crippen LogP contribution is 2.25. The van der Waals surface area contributed by atoms with Crippen molar-refractivity contribution in [2.45, 2.75) is 43.6 Å². The van der Waals surface area contributed by atoms with Crippen LogP contribution >= 0.6 is 23.4 Å². The van der Waals surface area contributed by atoms with E-state index in [0.717, 1.165) is 37.2 Å². The molecule has 1 amide bonds. The van der Waals surface area contributed by atoms with E-state index >= 15 is 0 Å². The van der Waals surface area contributed by atoms with Crippen molar-refractivity contribution in [2.75, 3.05) is 18.5 Å². The van der Waals surface area contributed by atoms with Crippen LogP contribution in [-0.2, 0) is 12.3 Å². The van der Waals surface area contributed by atoms with Gasteiger partial charge < -0.3 is 10.2 Å². The fourth-order valence-corrected chi connectivity index (χ4v) is 4.24. The molecule has 0 saturated carbocycles. The van der Waals surface area contributed by atoms with Crippen LogP contribution in [0.4, 0.5) is 5.82 Å². The van der Waals surface area contributed by atoms with Crippen LogP contribution in [0, 0.1) is 0 Å². The highest BCUT2D eigenvalue weighted by molar-refractivity contribution is 7.98. The number of anilines is 1. The summed E-state index contributed by atoms with van der Waals surface area (Å²) in [5.41, 5.74) is 2.91. The molecule has 1 heterocycles. The predicted octanol–water partition coefficient (Wildman–Crippen LogP) is 5.98. The molecule has 7 heteroatoms. The van der Waals surface area contributed by atoms with Gasteiger partial charge in [0.25, 0.3) is 5.91 Å². The van der Waals surface area contributed by atoms with Crippen molar-refractivity contribution < 1.29 is 4.79 Å². The number of carbonyl (C=O) groups excluding carboxylic acids is 1. The molecule has 0 aliphatic heterocycles. The van der Waals surface area contributed by atoms with Gasteiger partial charge in [0.2, 0.25) is 0 Å². The van der Waals surface area contributed by atoms with Gasteiger partial charge in [-0.25, -0.2) is 9.97 Å². The summed E-state index contributed by atoms with van der Waals surface area (Å²) in [5.74, 6) is 1.40. The van der Waals surface area contributed by atoms with Gasteiger partial charge in [0, 0.05) is 37.5 Å². The maximum absolute atomic E-state index is 12.4. The maximum atomic E-state index is 12.4. The van der Waals surface area contributed by atoms with E-state index in [1.807, 2.05) is 49.5 Å². The number of rotatable bonds is 11. The van der Waals surface area contributed by atoms with E-state index in [2.05, 4.69) is 39.2 Å². The van der Waals surface area contributed by atoms with Crippen molar-refractivity contribution in [2.24, 2.45) is 0 Å². The topological polar surface area (TPSA) is 58.1 Å². The van der Waals surface area contributed by atoms with Gasteiger partial charge in [-0.05, 0) is 29.7 Å². The normalized spacial score (nSPS) is 10.7. The highest BCUT2D eigenvalue weighted by Gasteiger charge is 2.10.